The van der Waals surface area contributed by atoms with E-state index in [9.17, 15) is 22.8 Å². The Labute approximate surface area is 190 Å². The number of carbonyl (C=O) groups excluding carboxylic acids is 3. The van der Waals surface area contributed by atoms with Crippen molar-refractivity contribution in [3.05, 3.63) is 52.5 Å². The van der Waals surface area contributed by atoms with E-state index in [-0.39, 0.29) is 33.3 Å². The number of sulfonamides is 1. The molecule has 2 rings (SSSR count). The van der Waals surface area contributed by atoms with Gasteiger partial charge in [-0.15, -0.1) is 0 Å². The van der Waals surface area contributed by atoms with Gasteiger partial charge in [-0.2, -0.15) is 0 Å². The second-order valence-corrected chi connectivity index (χ2v) is 8.76. The van der Waals surface area contributed by atoms with Crippen LogP contribution in [0, 0.1) is 0 Å². The minimum Gasteiger partial charge on any atom is -0.495 e. The maximum atomic E-state index is 12.7. The molecule has 0 aliphatic heterocycles. The predicted octanol–water partition coefficient (Wildman–Crippen LogP) is 2.33. The summed E-state index contributed by atoms with van der Waals surface area (Å²) in [5.74, 6) is -2.05. The van der Waals surface area contributed by atoms with Crippen molar-refractivity contribution in [2.24, 2.45) is 0 Å². The molecule has 0 spiro atoms. The Hall–Kier alpha value is -3.31. The summed E-state index contributed by atoms with van der Waals surface area (Å²) in [5, 5.41) is 2.71. The number of hydrogen-bond donors (Lipinski definition) is 1. The first-order valence-electron chi connectivity index (χ1n) is 8.93. The molecule has 172 valence electrons. The molecule has 2 aromatic carbocycles. The molecule has 0 unspecified atom stereocenters. The number of carbonyl (C=O) groups is 3. The van der Waals surface area contributed by atoms with Crippen molar-refractivity contribution in [2.75, 3.05) is 43.8 Å². The first-order valence-corrected chi connectivity index (χ1v) is 11.2. The SMILES string of the molecule is COC(=O)c1cc(NC(=O)CN(c2cc(Cl)ccc2OC)S(C)(=O)=O)cc(C(=O)OC)c1. The third kappa shape index (κ3) is 6.11. The molecule has 0 radical (unpaired) electrons. The molecule has 0 saturated heterocycles. The van der Waals surface area contributed by atoms with E-state index in [1.54, 1.807) is 0 Å². The summed E-state index contributed by atoms with van der Waals surface area (Å²) in [7, 11) is -0.252. The minimum absolute atomic E-state index is 0.0119. The van der Waals surface area contributed by atoms with Crippen molar-refractivity contribution in [2.45, 2.75) is 0 Å². The van der Waals surface area contributed by atoms with Crippen LogP contribution >= 0.6 is 11.6 Å². The quantitative estimate of drug-likeness (QED) is 0.565. The van der Waals surface area contributed by atoms with Crippen LogP contribution in [0.1, 0.15) is 20.7 Å². The molecular weight excluding hydrogens is 464 g/mol. The molecule has 0 fully saturated rings. The molecule has 1 N–H and O–H groups in total. The summed E-state index contributed by atoms with van der Waals surface area (Å²) in [6.07, 6.45) is 0.924. The van der Waals surface area contributed by atoms with E-state index in [0.29, 0.717) is 0 Å². The van der Waals surface area contributed by atoms with Crippen LogP contribution < -0.4 is 14.4 Å². The first-order chi connectivity index (χ1) is 15.0. The summed E-state index contributed by atoms with van der Waals surface area (Å²) in [5.41, 5.74) is 0.102. The van der Waals surface area contributed by atoms with E-state index in [1.165, 1.54) is 43.5 Å². The van der Waals surface area contributed by atoms with Crippen molar-refractivity contribution in [3.8, 4) is 5.75 Å². The number of nitrogens with one attached hydrogen (secondary N) is 1. The molecule has 10 nitrogen and oxygen atoms in total. The Kier molecular flexibility index (Phi) is 8.06. The van der Waals surface area contributed by atoms with Crippen molar-refractivity contribution in [3.63, 3.8) is 0 Å². The van der Waals surface area contributed by atoms with Gasteiger partial charge in [0.05, 0.1) is 44.4 Å². The van der Waals surface area contributed by atoms with E-state index in [0.717, 1.165) is 24.8 Å². The van der Waals surface area contributed by atoms with Gasteiger partial charge < -0.3 is 19.5 Å². The average molecular weight is 485 g/mol. The van der Waals surface area contributed by atoms with E-state index in [2.05, 4.69) is 14.8 Å². The van der Waals surface area contributed by atoms with Gasteiger partial charge in [0.15, 0.2) is 0 Å². The lowest BCUT2D eigenvalue weighted by molar-refractivity contribution is -0.114. The van der Waals surface area contributed by atoms with Gasteiger partial charge in [0.25, 0.3) is 0 Å². The molecule has 0 heterocycles. The number of hydrogen-bond acceptors (Lipinski definition) is 8. The van der Waals surface area contributed by atoms with Crippen LogP contribution in [-0.2, 0) is 24.3 Å². The number of nitrogens with zero attached hydrogens (tertiary/aromatic N) is 1. The minimum atomic E-state index is -3.92. The van der Waals surface area contributed by atoms with Gasteiger partial charge in [-0.3, -0.25) is 9.10 Å². The zero-order valence-electron chi connectivity index (χ0n) is 17.7. The molecule has 0 bridgehead atoms. The Morgan fingerprint density at radius 1 is 0.969 bits per heavy atom. The van der Waals surface area contributed by atoms with Crippen molar-refractivity contribution in [1.29, 1.82) is 0 Å². The highest BCUT2D eigenvalue weighted by molar-refractivity contribution is 7.92. The number of ether oxygens (including phenoxy) is 3. The fourth-order valence-corrected chi connectivity index (χ4v) is 3.76. The lowest BCUT2D eigenvalue weighted by Gasteiger charge is -2.24. The normalized spacial score (nSPS) is 10.8. The largest absolute Gasteiger partial charge is 0.495 e. The summed E-state index contributed by atoms with van der Waals surface area (Å²) in [6, 6.07) is 8.13. The maximum absolute atomic E-state index is 12.7. The Morgan fingerprint density at radius 3 is 2.00 bits per heavy atom. The number of esters is 2. The standard InChI is InChI=1S/C20H21ClN2O8S/c1-29-17-6-5-14(21)10-16(17)23(32(4,27)28)11-18(24)22-15-8-12(19(25)30-2)7-13(9-15)20(26)31-3/h5-10H,11H2,1-4H3,(H,22,24). The van der Waals surface area contributed by atoms with Gasteiger partial charge in [0, 0.05) is 10.7 Å². The van der Waals surface area contributed by atoms with Crippen LogP contribution in [0.4, 0.5) is 11.4 Å². The van der Waals surface area contributed by atoms with Gasteiger partial charge in [0.2, 0.25) is 15.9 Å². The zero-order valence-corrected chi connectivity index (χ0v) is 19.2. The van der Waals surface area contributed by atoms with Gasteiger partial charge in [-0.25, -0.2) is 18.0 Å². The fourth-order valence-electron chi connectivity index (χ4n) is 2.74. The van der Waals surface area contributed by atoms with E-state index in [1.807, 2.05) is 0 Å². The van der Waals surface area contributed by atoms with Crippen LogP contribution in [0.25, 0.3) is 0 Å². The second-order valence-electron chi connectivity index (χ2n) is 6.42. The van der Waals surface area contributed by atoms with Crippen molar-refractivity contribution >= 4 is 50.8 Å². The van der Waals surface area contributed by atoms with Gasteiger partial charge in [-0.1, -0.05) is 11.6 Å². The lowest BCUT2D eigenvalue weighted by atomic mass is 10.1. The molecule has 0 aliphatic rings. The van der Waals surface area contributed by atoms with E-state index in [4.69, 9.17) is 16.3 Å². The Bertz CT molecular complexity index is 1120. The monoisotopic (exact) mass is 484 g/mol. The van der Waals surface area contributed by atoms with Gasteiger partial charge >= 0.3 is 11.9 Å². The van der Waals surface area contributed by atoms with Gasteiger partial charge in [0.1, 0.15) is 12.3 Å². The molecule has 0 aromatic heterocycles. The molecule has 0 saturated carbocycles. The van der Waals surface area contributed by atoms with Crippen LogP contribution in [0.5, 0.6) is 5.75 Å². The molecule has 12 heteroatoms. The lowest BCUT2D eigenvalue weighted by Crippen LogP contribution is -2.37. The summed E-state index contributed by atoms with van der Waals surface area (Å²) in [4.78, 5) is 36.5. The number of amides is 1. The molecule has 1 amide bonds. The Balaban J connectivity index is 2.40. The van der Waals surface area contributed by atoms with E-state index >= 15 is 0 Å². The molecule has 0 aliphatic carbocycles. The second kappa shape index (κ2) is 10.3. The third-order valence-corrected chi connectivity index (χ3v) is 5.52. The summed E-state index contributed by atoms with van der Waals surface area (Å²) >= 11 is 5.99. The van der Waals surface area contributed by atoms with Crippen LogP contribution in [0.2, 0.25) is 5.02 Å². The highest BCUT2D eigenvalue weighted by atomic mass is 35.5. The third-order valence-electron chi connectivity index (χ3n) is 4.16. The van der Waals surface area contributed by atoms with Crippen LogP contribution in [-0.4, -0.2) is 60.4 Å². The van der Waals surface area contributed by atoms with Crippen LogP contribution in [0.3, 0.4) is 0 Å². The number of halogens is 1. The average Bonchev–Trinajstić information content (AvgIpc) is 2.75. The Morgan fingerprint density at radius 2 is 1.53 bits per heavy atom. The number of methoxy groups -OCH3 is 3. The summed E-state index contributed by atoms with van der Waals surface area (Å²) < 4.78 is 40.1. The maximum Gasteiger partial charge on any atom is 0.337 e. The molecule has 32 heavy (non-hydrogen) atoms. The first kappa shape index (κ1) is 25.0. The van der Waals surface area contributed by atoms with E-state index < -0.39 is 34.4 Å². The number of rotatable bonds is 8. The number of benzene rings is 2. The predicted molar refractivity (Wildman–Crippen MR) is 118 cm³/mol. The molecule has 2 aromatic rings. The number of anilines is 2. The van der Waals surface area contributed by atoms with Crippen LogP contribution in [0.15, 0.2) is 36.4 Å². The molecule has 0 atom stereocenters. The highest BCUT2D eigenvalue weighted by Gasteiger charge is 2.25. The van der Waals surface area contributed by atoms with Crippen molar-refractivity contribution < 1.29 is 37.0 Å². The van der Waals surface area contributed by atoms with Crippen molar-refractivity contribution in [1.82, 2.24) is 0 Å². The fraction of sp³-hybridized carbons (Fsp3) is 0.250. The smallest absolute Gasteiger partial charge is 0.337 e. The highest BCUT2D eigenvalue weighted by Crippen LogP contribution is 2.32. The van der Waals surface area contributed by atoms with Gasteiger partial charge in [-0.05, 0) is 36.4 Å². The zero-order chi connectivity index (χ0) is 24.1. The molecular formula is C20H21ClN2O8S. The summed E-state index contributed by atoms with van der Waals surface area (Å²) in [6.45, 7) is -0.633. The topological polar surface area (TPSA) is 128 Å².